The van der Waals surface area contributed by atoms with Crippen LogP contribution < -0.4 is 10.6 Å². The van der Waals surface area contributed by atoms with E-state index < -0.39 is 0 Å². The predicted octanol–water partition coefficient (Wildman–Crippen LogP) is 3.75. The van der Waals surface area contributed by atoms with Crippen molar-refractivity contribution in [1.29, 1.82) is 0 Å². The van der Waals surface area contributed by atoms with Crippen molar-refractivity contribution in [2.24, 2.45) is 0 Å². The van der Waals surface area contributed by atoms with E-state index in [1.807, 2.05) is 0 Å². The summed E-state index contributed by atoms with van der Waals surface area (Å²) in [5.41, 5.74) is 3.23. The van der Waals surface area contributed by atoms with Gasteiger partial charge in [-0.2, -0.15) is 0 Å². The molecule has 0 aromatic heterocycles. The van der Waals surface area contributed by atoms with Crippen molar-refractivity contribution in [3.05, 3.63) is 61.2 Å². The molecule has 3 rings (SSSR count). The summed E-state index contributed by atoms with van der Waals surface area (Å²) in [6.07, 6.45) is 1.80. The van der Waals surface area contributed by atoms with Crippen LogP contribution in [0.5, 0.6) is 0 Å². The molecule has 2 aromatic carbocycles. The van der Waals surface area contributed by atoms with Crippen molar-refractivity contribution < 1.29 is 0 Å². The van der Waals surface area contributed by atoms with Crippen LogP contribution in [0.2, 0.25) is 0 Å². The Hall–Kier alpha value is -2.22. The highest BCUT2D eigenvalue weighted by molar-refractivity contribution is 6.05. The standard InChI is InChI=1S/C15H14N2/c1-3-10(2)15-16-12-8-4-6-11-7-5-9-13(17-15)14(11)12/h3-9,15-17H,1-2H2. The maximum absolute atomic E-state index is 3.99. The Kier molecular flexibility index (Phi) is 2.15. The van der Waals surface area contributed by atoms with Crippen molar-refractivity contribution >= 4 is 22.1 Å². The molecule has 0 amide bonds. The summed E-state index contributed by atoms with van der Waals surface area (Å²) in [7, 11) is 0. The molecule has 2 heteroatoms. The third-order valence-corrected chi connectivity index (χ3v) is 3.14. The lowest BCUT2D eigenvalue weighted by atomic mass is 10.0. The molecule has 17 heavy (non-hydrogen) atoms. The molecule has 0 atom stereocenters. The molecule has 1 aliphatic rings. The number of hydrogen-bond acceptors (Lipinski definition) is 2. The van der Waals surface area contributed by atoms with Gasteiger partial charge in [-0.3, -0.25) is 0 Å². The molecule has 0 saturated heterocycles. The van der Waals surface area contributed by atoms with Crippen LogP contribution >= 0.6 is 0 Å². The Balaban J connectivity index is 2.17. The Labute approximate surface area is 101 Å². The van der Waals surface area contributed by atoms with Gasteiger partial charge in [-0.25, -0.2) is 0 Å². The molecule has 0 bridgehead atoms. The van der Waals surface area contributed by atoms with E-state index in [4.69, 9.17) is 0 Å². The van der Waals surface area contributed by atoms with Crippen molar-refractivity contribution in [2.75, 3.05) is 10.6 Å². The zero-order valence-corrected chi connectivity index (χ0v) is 9.53. The van der Waals surface area contributed by atoms with Gasteiger partial charge in [0.15, 0.2) is 0 Å². The first-order valence-corrected chi connectivity index (χ1v) is 5.65. The predicted molar refractivity (Wildman–Crippen MR) is 74.3 cm³/mol. The summed E-state index contributed by atoms with van der Waals surface area (Å²) in [6.45, 7) is 7.75. The normalized spacial score (nSPS) is 13.9. The number of hydrogen-bond donors (Lipinski definition) is 2. The Morgan fingerprint density at radius 1 is 1.06 bits per heavy atom. The van der Waals surface area contributed by atoms with Gasteiger partial charge in [-0.05, 0) is 23.1 Å². The molecule has 1 heterocycles. The van der Waals surface area contributed by atoms with Gasteiger partial charge in [0.2, 0.25) is 0 Å². The van der Waals surface area contributed by atoms with Crippen LogP contribution in [0.15, 0.2) is 61.2 Å². The molecule has 0 fully saturated rings. The Morgan fingerprint density at radius 2 is 1.65 bits per heavy atom. The van der Waals surface area contributed by atoms with Crippen LogP contribution in [0.25, 0.3) is 10.8 Å². The third kappa shape index (κ3) is 1.49. The van der Waals surface area contributed by atoms with Gasteiger partial charge in [0.25, 0.3) is 0 Å². The summed E-state index contributed by atoms with van der Waals surface area (Å²) in [5.74, 6) is 0. The molecular formula is C15H14N2. The van der Waals surface area contributed by atoms with Gasteiger partial charge in [0.05, 0.1) is 0 Å². The molecule has 0 aliphatic carbocycles. The van der Waals surface area contributed by atoms with E-state index in [9.17, 15) is 0 Å². The fourth-order valence-corrected chi connectivity index (χ4v) is 2.23. The minimum absolute atomic E-state index is 0.0213. The van der Waals surface area contributed by atoms with Crippen LogP contribution in [0.4, 0.5) is 11.4 Å². The fraction of sp³-hybridized carbons (Fsp3) is 0.0667. The fourth-order valence-electron chi connectivity index (χ4n) is 2.23. The maximum atomic E-state index is 3.99. The van der Waals surface area contributed by atoms with Crippen LogP contribution in [-0.4, -0.2) is 6.17 Å². The van der Waals surface area contributed by atoms with Gasteiger partial charge in [-0.15, -0.1) is 0 Å². The van der Waals surface area contributed by atoms with E-state index in [1.165, 1.54) is 10.8 Å². The lowest BCUT2D eigenvalue weighted by Gasteiger charge is -2.29. The van der Waals surface area contributed by atoms with Crippen molar-refractivity contribution in [1.82, 2.24) is 0 Å². The Bertz CT molecular complexity index is 573. The number of rotatable bonds is 2. The monoisotopic (exact) mass is 222 g/mol. The maximum Gasteiger partial charge on any atom is 0.122 e. The zero-order chi connectivity index (χ0) is 11.8. The second kappa shape index (κ2) is 3.67. The van der Waals surface area contributed by atoms with Gasteiger partial charge >= 0.3 is 0 Å². The first-order valence-electron chi connectivity index (χ1n) is 5.65. The molecule has 2 aromatic rings. The molecule has 84 valence electrons. The van der Waals surface area contributed by atoms with Gasteiger partial charge < -0.3 is 10.6 Å². The largest absolute Gasteiger partial charge is 0.361 e. The number of benzene rings is 2. The quantitative estimate of drug-likeness (QED) is 0.756. The molecule has 2 N–H and O–H groups in total. The molecule has 0 radical (unpaired) electrons. The molecule has 0 spiro atoms. The SMILES string of the molecule is C=CC(=C)C1Nc2cccc3cccc(c23)N1. The topological polar surface area (TPSA) is 24.1 Å². The number of anilines is 2. The summed E-state index contributed by atoms with van der Waals surface area (Å²) < 4.78 is 0. The van der Waals surface area contributed by atoms with Crippen molar-refractivity contribution in [2.45, 2.75) is 6.17 Å². The lowest BCUT2D eigenvalue weighted by Crippen LogP contribution is -2.32. The highest BCUT2D eigenvalue weighted by Crippen LogP contribution is 2.35. The highest BCUT2D eigenvalue weighted by Gasteiger charge is 2.19. The van der Waals surface area contributed by atoms with Crippen molar-refractivity contribution in [3.8, 4) is 0 Å². The first kappa shape index (κ1) is 9.97. The first-order chi connectivity index (χ1) is 8.29. The molecular weight excluding hydrogens is 208 g/mol. The zero-order valence-electron chi connectivity index (χ0n) is 9.53. The lowest BCUT2D eigenvalue weighted by molar-refractivity contribution is 0.967. The molecule has 0 unspecified atom stereocenters. The minimum atomic E-state index is 0.0213. The smallest absolute Gasteiger partial charge is 0.122 e. The average Bonchev–Trinajstić information content (AvgIpc) is 2.38. The van der Waals surface area contributed by atoms with E-state index in [2.05, 4.69) is 60.2 Å². The van der Waals surface area contributed by atoms with Gasteiger partial charge in [0.1, 0.15) is 6.17 Å². The number of nitrogens with one attached hydrogen (secondary N) is 2. The molecule has 1 aliphatic heterocycles. The summed E-state index contributed by atoms with van der Waals surface area (Å²) >= 11 is 0. The van der Waals surface area contributed by atoms with E-state index in [0.717, 1.165) is 16.9 Å². The van der Waals surface area contributed by atoms with Crippen LogP contribution in [0.3, 0.4) is 0 Å². The van der Waals surface area contributed by atoms with Crippen LogP contribution in [-0.2, 0) is 0 Å². The van der Waals surface area contributed by atoms with E-state index in [1.54, 1.807) is 6.08 Å². The molecule has 0 saturated carbocycles. The van der Waals surface area contributed by atoms with Gasteiger partial charge in [-0.1, -0.05) is 43.5 Å². The summed E-state index contributed by atoms with van der Waals surface area (Å²) in [5, 5.41) is 9.34. The van der Waals surface area contributed by atoms with E-state index in [0.29, 0.717) is 0 Å². The van der Waals surface area contributed by atoms with Gasteiger partial charge in [0, 0.05) is 16.8 Å². The molecule has 2 nitrogen and oxygen atoms in total. The minimum Gasteiger partial charge on any atom is -0.361 e. The second-order valence-electron chi connectivity index (χ2n) is 4.21. The van der Waals surface area contributed by atoms with Crippen molar-refractivity contribution in [3.63, 3.8) is 0 Å². The van der Waals surface area contributed by atoms with Crippen LogP contribution in [0.1, 0.15) is 0 Å². The second-order valence-corrected chi connectivity index (χ2v) is 4.21. The summed E-state index contributed by atoms with van der Waals surface area (Å²) in [4.78, 5) is 0. The summed E-state index contributed by atoms with van der Waals surface area (Å²) in [6, 6.07) is 12.6. The highest BCUT2D eigenvalue weighted by atomic mass is 15.1. The average molecular weight is 222 g/mol. The van der Waals surface area contributed by atoms with Crippen LogP contribution in [0, 0.1) is 0 Å². The van der Waals surface area contributed by atoms with E-state index in [-0.39, 0.29) is 6.17 Å². The third-order valence-electron chi connectivity index (χ3n) is 3.14. The Morgan fingerprint density at radius 3 is 2.18 bits per heavy atom. The van der Waals surface area contributed by atoms with E-state index >= 15 is 0 Å².